The zero-order chi connectivity index (χ0) is 17.8. The molecule has 0 N–H and O–H groups in total. The van der Waals surface area contributed by atoms with Crippen LogP contribution in [0.3, 0.4) is 0 Å². The van der Waals surface area contributed by atoms with E-state index in [0.29, 0.717) is 32.7 Å². The van der Waals surface area contributed by atoms with Crippen LogP contribution in [0.1, 0.15) is 24.0 Å². The Morgan fingerprint density at radius 3 is 3.00 bits per heavy atom. The molecule has 3 rings (SSSR count). The maximum atomic E-state index is 12.9. The van der Waals surface area contributed by atoms with Gasteiger partial charge in [0.05, 0.1) is 13.2 Å². The van der Waals surface area contributed by atoms with Gasteiger partial charge in [0.25, 0.3) is 5.91 Å². The molecule has 0 radical (unpaired) electrons. The zero-order valence-corrected chi connectivity index (χ0v) is 15.0. The van der Waals surface area contributed by atoms with E-state index < -0.39 is 6.10 Å². The van der Waals surface area contributed by atoms with E-state index in [-0.39, 0.29) is 18.4 Å². The lowest BCUT2D eigenvalue weighted by molar-refractivity contribution is -0.144. The molecule has 1 fully saturated rings. The number of nitrogens with zero attached hydrogens (tertiary/aromatic N) is 2. The highest BCUT2D eigenvalue weighted by atomic mass is 16.5. The third kappa shape index (κ3) is 4.12. The molecule has 1 aromatic rings. The minimum atomic E-state index is -0.492. The Morgan fingerprint density at radius 1 is 1.36 bits per heavy atom. The lowest BCUT2D eigenvalue weighted by Gasteiger charge is -2.30. The SMILES string of the molecule is COCCN1CCCN(C(=O)C2CCc3cc(C)ccc3O2)CC1=O. The molecule has 1 atom stereocenters. The van der Waals surface area contributed by atoms with Gasteiger partial charge in [0, 0.05) is 26.7 Å². The first-order chi connectivity index (χ1) is 12.1. The summed E-state index contributed by atoms with van der Waals surface area (Å²) in [5, 5.41) is 0. The summed E-state index contributed by atoms with van der Waals surface area (Å²) in [6, 6.07) is 6.04. The average molecular weight is 346 g/mol. The van der Waals surface area contributed by atoms with Crippen LogP contribution in [0, 0.1) is 6.92 Å². The smallest absolute Gasteiger partial charge is 0.264 e. The molecule has 0 bridgehead atoms. The third-order valence-corrected chi connectivity index (χ3v) is 4.85. The molecule has 1 saturated heterocycles. The van der Waals surface area contributed by atoms with Gasteiger partial charge < -0.3 is 19.3 Å². The van der Waals surface area contributed by atoms with Crippen LogP contribution < -0.4 is 4.74 Å². The van der Waals surface area contributed by atoms with Crippen LogP contribution in [0.25, 0.3) is 0 Å². The topological polar surface area (TPSA) is 59.1 Å². The molecule has 2 heterocycles. The molecule has 0 aromatic heterocycles. The second kappa shape index (κ2) is 7.87. The van der Waals surface area contributed by atoms with Crippen molar-refractivity contribution in [1.82, 2.24) is 9.80 Å². The van der Waals surface area contributed by atoms with Crippen LogP contribution in [-0.4, -0.2) is 67.6 Å². The molecular weight excluding hydrogens is 320 g/mol. The van der Waals surface area contributed by atoms with Gasteiger partial charge in [0.2, 0.25) is 5.91 Å². The second-order valence-corrected chi connectivity index (χ2v) is 6.74. The molecule has 25 heavy (non-hydrogen) atoms. The fourth-order valence-electron chi connectivity index (χ4n) is 3.44. The monoisotopic (exact) mass is 346 g/mol. The van der Waals surface area contributed by atoms with Crippen LogP contribution in [-0.2, 0) is 20.7 Å². The van der Waals surface area contributed by atoms with Crippen molar-refractivity contribution in [2.75, 3.05) is 39.9 Å². The molecule has 2 amide bonds. The number of ether oxygens (including phenoxy) is 2. The number of rotatable bonds is 4. The Morgan fingerprint density at radius 2 is 2.20 bits per heavy atom. The summed E-state index contributed by atoms with van der Waals surface area (Å²) in [4.78, 5) is 28.7. The largest absolute Gasteiger partial charge is 0.480 e. The van der Waals surface area contributed by atoms with Gasteiger partial charge in [-0.2, -0.15) is 0 Å². The first kappa shape index (κ1) is 17.7. The second-order valence-electron chi connectivity index (χ2n) is 6.74. The van der Waals surface area contributed by atoms with Gasteiger partial charge in [-0.15, -0.1) is 0 Å². The van der Waals surface area contributed by atoms with Crippen molar-refractivity contribution >= 4 is 11.8 Å². The van der Waals surface area contributed by atoms with E-state index in [9.17, 15) is 9.59 Å². The minimum Gasteiger partial charge on any atom is -0.480 e. The summed E-state index contributed by atoms with van der Waals surface area (Å²) in [6.07, 6.45) is 1.78. The highest BCUT2D eigenvalue weighted by molar-refractivity contribution is 5.87. The molecule has 0 saturated carbocycles. The first-order valence-electron chi connectivity index (χ1n) is 8.90. The van der Waals surface area contributed by atoms with Crippen molar-refractivity contribution in [2.45, 2.75) is 32.3 Å². The molecule has 6 heteroatoms. The van der Waals surface area contributed by atoms with Crippen molar-refractivity contribution in [1.29, 1.82) is 0 Å². The van der Waals surface area contributed by atoms with Crippen LogP contribution in [0.2, 0.25) is 0 Å². The Labute approximate surface area is 148 Å². The van der Waals surface area contributed by atoms with E-state index in [0.717, 1.165) is 24.2 Å². The molecule has 0 spiro atoms. The van der Waals surface area contributed by atoms with E-state index >= 15 is 0 Å². The van der Waals surface area contributed by atoms with E-state index in [4.69, 9.17) is 9.47 Å². The van der Waals surface area contributed by atoms with E-state index in [2.05, 4.69) is 13.0 Å². The number of aryl methyl sites for hydroxylation is 2. The van der Waals surface area contributed by atoms with Gasteiger partial charge >= 0.3 is 0 Å². The van der Waals surface area contributed by atoms with Crippen LogP contribution in [0.4, 0.5) is 0 Å². The van der Waals surface area contributed by atoms with Gasteiger partial charge in [-0.1, -0.05) is 17.7 Å². The quantitative estimate of drug-likeness (QED) is 0.827. The van der Waals surface area contributed by atoms with Gasteiger partial charge in [-0.25, -0.2) is 0 Å². The molecule has 2 aliphatic rings. The molecule has 136 valence electrons. The highest BCUT2D eigenvalue weighted by Gasteiger charge is 2.32. The maximum Gasteiger partial charge on any atom is 0.264 e. The first-order valence-corrected chi connectivity index (χ1v) is 8.90. The standard InChI is InChI=1S/C19H26N2O4/c1-14-4-6-16-15(12-14)5-7-17(25-16)19(23)21-9-3-8-20(10-11-24-2)18(22)13-21/h4,6,12,17H,3,5,7-11,13H2,1-2H3. The maximum absolute atomic E-state index is 12.9. The number of hydrogen-bond acceptors (Lipinski definition) is 4. The number of benzene rings is 1. The number of amides is 2. The predicted molar refractivity (Wildman–Crippen MR) is 93.6 cm³/mol. The molecule has 0 aliphatic carbocycles. The number of methoxy groups -OCH3 is 1. The van der Waals surface area contributed by atoms with Gasteiger partial charge in [-0.05, 0) is 37.8 Å². The number of carbonyl (C=O) groups excluding carboxylic acids is 2. The summed E-state index contributed by atoms with van der Waals surface area (Å²) in [5.41, 5.74) is 2.35. The fraction of sp³-hybridized carbons (Fsp3) is 0.579. The Bertz CT molecular complexity index is 646. The third-order valence-electron chi connectivity index (χ3n) is 4.85. The summed E-state index contributed by atoms with van der Waals surface area (Å²) in [7, 11) is 1.62. The molecule has 2 aliphatic heterocycles. The van der Waals surface area contributed by atoms with Gasteiger partial charge in [0.15, 0.2) is 6.10 Å². The minimum absolute atomic E-state index is 0.0188. The number of hydrogen-bond donors (Lipinski definition) is 0. The number of carbonyl (C=O) groups is 2. The zero-order valence-electron chi connectivity index (χ0n) is 15.0. The average Bonchev–Trinajstić information content (AvgIpc) is 2.80. The molecule has 6 nitrogen and oxygen atoms in total. The lowest BCUT2D eigenvalue weighted by atomic mass is 9.99. The van der Waals surface area contributed by atoms with Gasteiger partial charge in [0.1, 0.15) is 5.75 Å². The van der Waals surface area contributed by atoms with Crippen LogP contribution in [0.5, 0.6) is 5.75 Å². The Kier molecular flexibility index (Phi) is 5.58. The number of fused-ring (bicyclic) bond motifs is 1. The van der Waals surface area contributed by atoms with Crippen LogP contribution in [0.15, 0.2) is 18.2 Å². The van der Waals surface area contributed by atoms with Crippen LogP contribution >= 0.6 is 0 Å². The van der Waals surface area contributed by atoms with E-state index in [1.807, 2.05) is 12.1 Å². The van der Waals surface area contributed by atoms with Crippen molar-refractivity contribution in [3.05, 3.63) is 29.3 Å². The van der Waals surface area contributed by atoms with E-state index in [1.54, 1.807) is 16.9 Å². The summed E-state index contributed by atoms with van der Waals surface area (Å²) >= 11 is 0. The fourth-order valence-corrected chi connectivity index (χ4v) is 3.44. The van der Waals surface area contributed by atoms with Crippen molar-refractivity contribution < 1.29 is 19.1 Å². The van der Waals surface area contributed by atoms with Crippen molar-refractivity contribution in [3.63, 3.8) is 0 Å². The summed E-state index contributed by atoms with van der Waals surface area (Å²) in [5.74, 6) is 0.695. The van der Waals surface area contributed by atoms with Crippen molar-refractivity contribution in [3.8, 4) is 5.75 Å². The Hall–Kier alpha value is -2.08. The molecule has 1 unspecified atom stereocenters. The summed E-state index contributed by atoms with van der Waals surface area (Å²) in [6.45, 7) is 4.53. The molecule has 1 aromatic carbocycles. The lowest BCUT2D eigenvalue weighted by Crippen LogP contribution is -2.46. The van der Waals surface area contributed by atoms with Gasteiger partial charge in [-0.3, -0.25) is 9.59 Å². The van der Waals surface area contributed by atoms with E-state index in [1.165, 1.54) is 5.56 Å². The summed E-state index contributed by atoms with van der Waals surface area (Å²) < 4.78 is 11.0. The predicted octanol–water partition coefficient (Wildman–Crippen LogP) is 1.40. The normalized spacial score (nSPS) is 20.7. The van der Waals surface area contributed by atoms with Crippen molar-refractivity contribution in [2.24, 2.45) is 0 Å². The highest BCUT2D eigenvalue weighted by Crippen LogP contribution is 2.29. The molecular formula is C19H26N2O4. The Balaban J connectivity index is 1.63.